The molecule has 1 heterocycles. The van der Waals surface area contributed by atoms with Gasteiger partial charge in [-0.05, 0) is 49.4 Å². The number of halogens is 3. The molecule has 1 aromatic heterocycles. The molecule has 0 saturated heterocycles. The number of benzene rings is 2. The van der Waals surface area contributed by atoms with Crippen molar-refractivity contribution in [1.29, 1.82) is 0 Å². The SMILES string of the molecule is C[C@@H](Oc1ccc(Cl)cc1Cl)C(=O)Nc1nc(-c2ccc(F)cc2)cs1. The van der Waals surface area contributed by atoms with Crippen LogP contribution in [0.4, 0.5) is 9.52 Å². The number of amides is 1. The third-order valence-electron chi connectivity index (χ3n) is 3.44. The number of hydrogen-bond acceptors (Lipinski definition) is 4. The highest BCUT2D eigenvalue weighted by molar-refractivity contribution is 7.14. The number of ether oxygens (including phenoxy) is 1. The minimum atomic E-state index is -0.785. The molecule has 0 unspecified atom stereocenters. The fourth-order valence-electron chi connectivity index (χ4n) is 2.11. The molecule has 0 bridgehead atoms. The number of rotatable bonds is 5. The highest BCUT2D eigenvalue weighted by Crippen LogP contribution is 2.29. The second kappa shape index (κ2) is 8.03. The summed E-state index contributed by atoms with van der Waals surface area (Å²) in [6, 6.07) is 10.7. The molecule has 1 N–H and O–H groups in total. The first-order valence-corrected chi connectivity index (χ1v) is 9.20. The van der Waals surface area contributed by atoms with E-state index in [2.05, 4.69) is 10.3 Å². The molecule has 26 heavy (non-hydrogen) atoms. The van der Waals surface area contributed by atoms with Crippen LogP contribution in [0, 0.1) is 5.82 Å². The van der Waals surface area contributed by atoms with Crippen LogP contribution in [0.25, 0.3) is 11.3 Å². The second-order valence-corrected chi connectivity index (χ2v) is 7.07. The summed E-state index contributed by atoms with van der Waals surface area (Å²) in [4.78, 5) is 16.6. The van der Waals surface area contributed by atoms with Crippen molar-refractivity contribution in [2.24, 2.45) is 0 Å². The molecule has 134 valence electrons. The first kappa shape index (κ1) is 18.6. The quantitative estimate of drug-likeness (QED) is 0.589. The highest BCUT2D eigenvalue weighted by atomic mass is 35.5. The van der Waals surface area contributed by atoms with E-state index in [0.717, 1.165) is 5.56 Å². The molecule has 0 spiro atoms. The summed E-state index contributed by atoms with van der Waals surface area (Å²) in [5.74, 6) is -0.315. The van der Waals surface area contributed by atoms with Crippen molar-refractivity contribution in [3.05, 3.63) is 63.7 Å². The van der Waals surface area contributed by atoms with Crippen molar-refractivity contribution < 1.29 is 13.9 Å². The number of nitrogens with zero attached hydrogens (tertiary/aromatic N) is 1. The summed E-state index contributed by atoms with van der Waals surface area (Å²) >= 11 is 13.2. The second-order valence-electron chi connectivity index (χ2n) is 5.37. The maximum absolute atomic E-state index is 13.0. The van der Waals surface area contributed by atoms with E-state index < -0.39 is 6.10 Å². The molecular weight excluding hydrogens is 398 g/mol. The molecule has 0 radical (unpaired) electrons. The van der Waals surface area contributed by atoms with Crippen LogP contribution in [-0.4, -0.2) is 17.0 Å². The molecule has 0 fully saturated rings. The standard InChI is InChI=1S/C18H13Cl2FN2O2S/c1-10(25-16-7-4-12(19)8-14(16)20)17(24)23-18-22-15(9-26-18)11-2-5-13(21)6-3-11/h2-10H,1H3,(H,22,23,24)/t10-/m1/s1. The zero-order valence-electron chi connectivity index (χ0n) is 13.5. The molecule has 8 heteroatoms. The molecule has 0 saturated carbocycles. The van der Waals surface area contributed by atoms with Gasteiger partial charge in [-0.15, -0.1) is 11.3 Å². The lowest BCUT2D eigenvalue weighted by Crippen LogP contribution is -2.30. The Morgan fingerprint density at radius 3 is 2.65 bits per heavy atom. The van der Waals surface area contributed by atoms with Gasteiger partial charge in [0.05, 0.1) is 10.7 Å². The van der Waals surface area contributed by atoms with Gasteiger partial charge in [-0.1, -0.05) is 23.2 Å². The summed E-state index contributed by atoms with van der Waals surface area (Å²) in [7, 11) is 0. The zero-order chi connectivity index (χ0) is 18.7. The van der Waals surface area contributed by atoms with Crippen LogP contribution in [0.2, 0.25) is 10.0 Å². The van der Waals surface area contributed by atoms with Gasteiger partial charge in [-0.25, -0.2) is 9.37 Å². The fraction of sp³-hybridized carbons (Fsp3) is 0.111. The number of carbonyl (C=O) groups excluding carboxylic acids is 1. The molecule has 0 aliphatic carbocycles. The van der Waals surface area contributed by atoms with Gasteiger partial charge in [0.1, 0.15) is 11.6 Å². The number of thiazole rings is 1. The van der Waals surface area contributed by atoms with Crippen LogP contribution in [0.5, 0.6) is 5.75 Å². The monoisotopic (exact) mass is 410 g/mol. The number of nitrogens with one attached hydrogen (secondary N) is 1. The molecule has 0 aliphatic heterocycles. The summed E-state index contributed by atoms with van der Waals surface area (Å²) in [6.45, 7) is 1.61. The van der Waals surface area contributed by atoms with E-state index in [4.69, 9.17) is 27.9 Å². The molecule has 1 amide bonds. The lowest BCUT2D eigenvalue weighted by Gasteiger charge is -2.14. The van der Waals surface area contributed by atoms with E-state index in [1.54, 1.807) is 42.6 Å². The van der Waals surface area contributed by atoms with Crippen molar-refractivity contribution >= 4 is 45.6 Å². The van der Waals surface area contributed by atoms with Gasteiger partial charge < -0.3 is 4.74 Å². The van der Waals surface area contributed by atoms with E-state index in [1.807, 2.05) is 0 Å². The van der Waals surface area contributed by atoms with Crippen LogP contribution in [0.1, 0.15) is 6.92 Å². The van der Waals surface area contributed by atoms with Gasteiger partial charge in [0, 0.05) is 16.0 Å². The van der Waals surface area contributed by atoms with E-state index in [1.165, 1.54) is 23.5 Å². The van der Waals surface area contributed by atoms with Crippen molar-refractivity contribution in [2.45, 2.75) is 13.0 Å². The normalized spacial score (nSPS) is 11.8. The Bertz CT molecular complexity index is 931. The number of aromatic nitrogens is 1. The molecule has 2 aromatic carbocycles. The minimum Gasteiger partial charge on any atom is -0.479 e. The fourth-order valence-corrected chi connectivity index (χ4v) is 3.28. The Hall–Kier alpha value is -2.15. The predicted octanol–water partition coefficient (Wildman–Crippen LogP) is 5.66. The lowest BCUT2D eigenvalue weighted by atomic mass is 10.2. The summed E-state index contributed by atoms with van der Waals surface area (Å²) in [5, 5.41) is 5.71. The molecule has 1 atom stereocenters. The molecule has 4 nitrogen and oxygen atoms in total. The van der Waals surface area contributed by atoms with E-state index >= 15 is 0 Å². The number of carbonyl (C=O) groups is 1. The summed E-state index contributed by atoms with van der Waals surface area (Å²) in [5.41, 5.74) is 1.42. The highest BCUT2D eigenvalue weighted by Gasteiger charge is 2.18. The molecule has 3 rings (SSSR count). The Morgan fingerprint density at radius 2 is 1.96 bits per heavy atom. The van der Waals surface area contributed by atoms with E-state index in [9.17, 15) is 9.18 Å². The van der Waals surface area contributed by atoms with Crippen LogP contribution in [-0.2, 0) is 4.79 Å². The maximum atomic E-state index is 13.0. The van der Waals surface area contributed by atoms with Gasteiger partial charge >= 0.3 is 0 Å². The van der Waals surface area contributed by atoms with Crippen molar-refractivity contribution in [3.8, 4) is 17.0 Å². The summed E-state index contributed by atoms with van der Waals surface area (Å²) < 4.78 is 18.6. The minimum absolute atomic E-state index is 0.315. The van der Waals surface area contributed by atoms with Crippen LogP contribution in [0.15, 0.2) is 47.8 Å². The van der Waals surface area contributed by atoms with Crippen molar-refractivity contribution in [2.75, 3.05) is 5.32 Å². The average Bonchev–Trinajstić information content (AvgIpc) is 3.06. The first-order chi connectivity index (χ1) is 12.4. The van der Waals surface area contributed by atoms with E-state index in [0.29, 0.717) is 26.6 Å². The average molecular weight is 411 g/mol. The van der Waals surface area contributed by atoms with Gasteiger partial charge in [-0.2, -0.15) is 0 Å². The smallest absolute Gasteiger partial charge is 0.266 e. The number of anilines is 1. The van der Waals surface area contributed by atoms with Gasteiger partial charge in [-0.3, -0.25) is 10.1 Å². The molecule has 0 aliphatic rings. The molecular formula is C18H13Cl2FN2O2S. The Morgan fingerprint density at radius 1 is 1.23 bits per heavy atom. The zero-order valence-corrected chi connectivity index (χ0v) is 15.8. The molecule has 3 aromatic rings. The van der Waals surface area contributed by atoms with Crippen LogP contribution >= 0.6 is 34.5 Å². The number of hydrogen-bond donors (Lipinski definition) is 1. The maximum Gasteiger partial charge on any atom is 0.266 e. The topological polar surface area (TPSA) is 51.2 Å². The van der Waals surface area contributed by atoms with Gasteiger partial charge in [0.25, 0.3) is 5.91 Å². The Labute approximate surface area is 163 Å². The van der Waals surface area contributed by atoms with Crippen molar-refractivity contribution in [1.82, 2.24) is 4.98 Å². The third kappa shape index (κ3) is 4.52. The Kier molecular flexibility index (Phi) is 5.76. The largest absolute Gasteiger partial charge is 0.479 e. The lowest BCUT2D eigenvalue weighted by molar-refractivity contribution is -0.122. The van der Waals surface area contributed by atoms with Gasteiger partial charge in [0.2, 0.25) is 0 Å². The van der Waals surface area contributed by atoms with Crippen LogP contribution < -0.4 is 10.1 Å². The summed E-state index contributed by atoms with van der Waals surface area (Å²) in [6.07, 6.45) is -0.785. The van der Waals surface area contributed by atoms with Crippen molar-refractivity contribution in [3.63, 3.8) is 0 Å². The first-order valence-electron chi connectivity index (χ1n) is 7.56. The van der Waals surface area contributed by atoms with E-state index in [-0.39, 0.29) is 11.7 Å². The van der Waals surface area contributed by atoms with Gasteiger partial charge in [0.15, 0.2) is 11.2 Å². The third-order valence-corrected chi connectivity index (χ3v) is 4.73. The Balaban J connectivity index is 1.65. The predicted molar refractivity (Wildman–Crippen MR) is 103 cm³/mol. The van der Waals surface area contributed by atoms with Crippen LogP contribution in [0.3, 0.4) is 0 Å².